The summed E-state index contributed by atoms with van der Waals surface area (Å²) >= 11 is 0. The van der Waals surface area contributed by atoms with E-state index in [1.165, 1.54) is 119 Å². The molecule has 0 aliphatic heterocycles. The van der Waals surface area contributed by atoms with E-state index in [-0.39, 0.29) is 0 Å². The second-order valence-corrected chi connectivity index (χ2v) is 14.3. The molecule has 12 aromatic rings. The Morgan fingerprint density at radius 2 is 0.615 bits per heavy atom. The van der Waals surface area contributed by atoms with Gasteiger partial charge in [0.25, 0.3) is 0 Å². The van der Waals surface area contributed by atoms with Crippen molar-refractivity contribution in [3.05, 3.63) is 182 Å². The fourth-order valence-electron chi connectivity index (χ4n) is 9.55. The molecule has 0 bridgehead atoms. The van der Waals surface area contributed by atoms with Gasteiger partial charge in [-0.3, -0.25) is 0 Å². The van der Waals surface area contributed by atoms with Gasteiger partial charge in [-0.2, -0.15) is 0 Å². The molecule has 0 aromatic heterocycles. The molecule has 0 radical (unpaired) electrons. The Bertz CT molecular complexity index is 3390. The van der Waals surface area contributed by atoms with Crippen molar-refractivity contribution >= 4 is 97.0 Å². The molecule has 0 heteroatoms. The van der Waals surface area contributed by atoms with Gasteiger partial charge in [-0.25, -0.2) is 0 Å². The first-order valence-corrected chi connectivity index (χ1v) is 18.2. The molecule has 12 rings (SSSR count). The molecule has 0 aliphatic rings. The van der Waals surface area contributed by atoms with Crippen LogP contribution in [-0.2, 0) is 0 Å². The maximum Gasteiger partial charge on any atom is -0.00137 e. The Labute approximate surface area is 300 Å². The molecule has 0 aliphatic carbocycles. The quantitative estimate of drug-likeness (QED) is 0.129. The van der Waals surface area contributed by atoms with Crippen molar-refractivity contribution in [1.82, 2.24) is 0 Å². The average molecular weight is 655 g/mol. The molecule has 0 spiro atoms. The summed E-state index contributed by atoms with van der Waals surface area (Å²) in [7, 11) is 0. The summed E-state index contributed by atoms with van der Waals surface area (Å²) in [5.74, 6) is 0. The molecule has 0 nitrogen and oxygen atoms in total. The largest absolute Gasteiger partial charge is 0.0622 e. The summed E-state index contributed by atoms with van der Waals surface area (Å²) in [6, 6.07) is 68.1. The van der Waals surface area contributed by atoms with E-state index in [0.717, 1.165) is 0 Å². The molecule has 0 saturated carbocycles. The Balaban J connectivity index is 1.23. The van der Waals surface area contributed by atoms with Crippen LogP contribution in [0.3, 0.4) is 0 Å². The molecular formula is C52H30. The Morgan fingerprint density at radius 3 is 1.27 bits per heavy atom. The molecule has 0 amide bonds. The van der Waals surface area contributed by atoms with Crippen molar-refractivity contribution < 1.29 is 0 Å². The smallest absolute Gasteiger partial charge is 0.00137 e. The van der Waals surface area contributed by atoms with E-state index in [9.17, 15) is 0 Å². The van der Waals surface area contributed by atoms with E-state index in [1.54, 1.807) is 0 Å². The summed E-state index contributed by atoms with van der Waals surface area (Å²) in [4.78, 5) is 0. The van der Waals surface area contributed by atoms with E-state index in [0.29, 0.717) is 0 Å². The van der Waals surface area contributed by atoms with Crippen LogP contribution in [0.4, 0.5) is 0 Å². The van der Waals surface area contributed by atoms with E-state index in [2.05, 4.69) is 182 Å². The minimum absolute atomic E-state index is 1.24. The van der Waals surface area contributed by atoms with Crippen LogP contribution in [0, 0.1) is 0 Å². The average Bonchev–Trinajstić information content (AvgIpc) is 3.22. The van der Waals surface area contributed by atoms with Gasteiger partial charge in [-0.15, -0.1) is 0 Å². The molecule has 52 heavy (non-hydrogen) atoms. The minimum Gasteiger partial charge on any atom is -0.0622 e. The first kappa shape index (κ1) is 28.0. The fraction of sp³-hybridized carbons (Fsp3) is 0. The highest BCUT2D eigenvalue weighted by atomic mass is 14.2. The number of fused-ring (bicyclic) bond motifs is 13. The van der Waals surface area contributed by atoms with Gasteiger partial charge < -0.3 is 0 Å². The zero-order valence-corrected chi connectivity index (χ0v) is 28.3. The van der Waals surface area contributed by atoms with Gasteiger partial charge in [0, 0.05) is 0 Å². The topological polar surface area (TPSA) is 0 Å². The van der Waals surface area contributed by atoms with Crippen molar-refractivity contribution in [1.29, 1.82) is 0 Å². The van der Waals surface area contributed by atoms with Crippen molar-refractivity contribution in [2.45, 2.75) is 0 Å². The zero-order chi connectivity index (χ0) is 33.9. The highest BCUT2D eigenvalue weighted by Gasteiger charge is 2.19. The Kier molecular flexibility index (Phi) is 5.59. The molecule has 0 heterocycles. The highest BCUT2D eigenvalue weighted by Crippen LogP contribution is 2.47. The third-order valence-corrected chi connectivity index (χ3v) is 11.7. The molecular weight excluding hydrogens is 625 g/mol. The maximum atomic E-state index is 2.48. The Hall–Kier alpha value is -6.76. The SMILES string of the molecule is c1ccc(-c2ccc3c4ccc(-c5ccc6c7cccc8cccc(c9cccc5c96)c87)cc4c4c5ccccc5c5ccccc5c4c3c2)cc1. The third kappa shape index (κ3) is 3.71. The lowest BCUT2D eigenvalue weighted by Crippen LogP contribution is -1.91. The molecule has 0 N–H and O–H groups in total. The van der Waals surface area contributed by atoms with Crippen LogP contribution < -0.4 is 0 Å². The standard InChI is InChI=1S/C52H30/c1-2-11-31(12-3-1)33-23-25-38-39-26-24-34(30-48(39)52-42-18-7-5-16-37(42)36-15-4-6-17-41(36)51(52)47(38)29-33)35-27-28-46-44-20-9-14-32-13-8-19-43(49(32)44)45-22-10-21-40(35)50(45)46/h1-30H. The zero-order valence-electron chi connectivity index (χ0n) is 28.3. The second-order valence-electron chi connectivity index (χ2n) is 14.3. The van der Waals surface area contributed by atoms with Crippen molar-refractivity contribution in [3.63, 3.8) is 0 Å². The first-order valence-electron chi connectivity index (χ1n) is 18.2. The first-order chi connectivity index (χ1) is 25.8. The minimum atomic E-state index is 1.24. The van der Waals surface area contributed by atoms with Crippen LogP contribution in [-0.4, -0.2) is 0 Å². The lowest BCUT2D eigenvalue weighted by Gasteiger charge is -2.19. The van der Waals surface area contributed by atoms with Crippen LogP contribution in [0.15, 0.2) is 182 Å². The summed E-state index contributed by atoms with van der Waals surface area (Å²) in [5.41, 5.74) is 4.99. The van der Waals surface area contributed by atoms with E-state index >= 15 is 0 Å². The number of rotatable bonds is 2. The normalized spacial score (nSPS) is 12.2. The van der Waals surface area contributed by atoms with Crippen LogP contribution in [0.1, 0.15) is 0 Å². The van der Waals surface area contributed by atoms with Gasteiger partial charge in [0.1, 0.15) is 0 Å². The summed E-state index contributed by atoms with van der Waals surface area (Å²) in [6.45, 7) is 0. The molecule has 12 aromatic carbocycles. The molecule has 0 fully saturated rings. The molecule has 0 saturated heterocycles. The van der Waals surface area contributed by atoms with Gasteiger partial charge in [-0.05, 0) is 131 Å². The molecule has 238 valence electrons. The van der Waals surface area contributed by atoms with Crippen LogP contribution in [0.2, 0.25) is 0 Å². The van der Waals surface area contributed by atoms with Gasteiger partial charge in [0.05, 0.1) is 0 Å². The van der Waals surface area contributed by atoms with Crippen molar-refractivity contribution in [2.75, 3.05) is 0 Å². The molecule has 0 unspecified atom stereocenters. The van der Waals surface area contributed by atoms with Crippen molar-refractivity contribution in [3.8, 4) is 22.3 Å². The number of benzene rings is 12. The Morgan fingerprint density at radius 1 is 0.192 bits per heavy atom. The van der Waals surface area contributed by atoms with Gasteiger partial charge in [-0.1, -0.05) is 170 Å². The summed E-state index contributed by atoms with van der Waals surface area (Å²) in [6.07, 6.45) is 0. The maximum absolute atomic E-state index is 2.48. The van der Waals surface area contributed by atoms with E-state index in [1.807, 2.05) is 0 Å². The molecule has 0 atom stereocenters. The predicted molar refractivity (Wildman–Crippen MR) is 226 cm³/mol. The van der Waals surface area contributed by atoms with Gasteiger partial charge in [0.2, 0.25) is 0 Å². The summed E-state index contributed by atoms with van der Waals surface area (Å²) in [5, 5.41) is 23.6. The van der Waals surface area contributed by atoms with E-state index in [4.69, 9.17) is 0 Å². The fourth-order valence-corrected chi connectivity index (χ4v) is 9.55. The highest BCUT2D eigenvalue weighted by molar-refractivity contribution is 6.40. The van der Waals surface area contributed by atoms with Crippen molar-refractivity contribution in [2.24, 2.45) is 0 Å². The van der Waals surface area contributed by atoms with Crippen LogP contribution in [0.25, 0.3) is 119 Å². The lowest BCUT2D eigenvalue weighted by molar-refractivity contribution is 1.65. The van der Waals surface area contributed by atoms with Crippen LogP contribution >= 0.6 is 0 Å². The second kappa shape index (κ2) is 10.4. The number of hydrogen-bond donors (Lipinski definition) is 0. The lowest BCUT2D eigenvalue weighted by atomic mass is 9.84. The summed E-state index contributed by atoms with van der Waals surface area (Å²) < 4.78 is 0. The number of hydrogen-bond acceptors (Lipinski definition) is 0. The van der Waals surface area contributed by atoms with Gasteiger partial charge in [0.15, 0.2) is 0 Å². The third-order valence-electron chi connectivity index (χ3n) is 11.7. The predicted octanol–water partition coefficient (Wildman–Crippen LogP) is 14.8. The monoisotopic (exact) mass is 654 g/mol. The van der Waals surface area contributed by atoms with Crippen LogP contribution in [0.5, 0.6) is 0 Å². The van der Waals surface area contributed by atoms with Gasteiger partial charge >= 0.3 is 0 Å². The van der Waals surface area contributed by atoms with E-state index < -0.39 is 0 Å².